The minimum Gasteiger partial charge on any atom is -0.324 e. The lowest BCUT2D eigenvalue weighted by Gasteiger charge is -2.32. The molecule has 1 heterocycles. The van der Waals surface area contributed by atoms with Crippen LogP contribution in [-0.2, 0) is 12.0 Å². The summed E-state index contributed by atoms with van der Waals surface area (Å²) in [4.78, 5) is 0. The van der Waals surface area contributed by atoms with E-state index in [2.05, 4.69) is 43.5 Å². The molecule has 1 aliphatic rings. The van der Waals surface area contributed by atoms with E-state index in [1.165, 1.54) is 5.69 Å². The minimum absolute atomic E-state index is 0.0121. The first-order valence-electron chi connectivity index (χ1n) is 6.18. The Labute approximate surface area is 98.0 Å². The third-order valence-corrected chi connectivity index (χ3v) is 3.93. The molecule has 0 unspecified atom stereocenters. The highest BCUT2D eigenvalue weighted by molar-refractivity contribution is 5.27. The largest absolute Gasteiger partial charge is 0.324 e. The monoisotopic (exact) mass is 221 g/mol. The maximum absolute atomic E-state index is 6.37. The molecule has 0 aliphatic heterocycles. The zero-order valence-corrected chi connectivity index (χ0v) is 10.8. The van der Waals surface area contributed by atoms with Crippen molar-refractivity contribution in [2.75, 3.05) is 0 Å². The quantitative estimate of drug-likeness (QED) is 0.848. The third-order valence-electron chi connectivity index (χ3n) is 3.93. The Morgan fingerprint density at radius 2 is 2.12 bits per heavy atom. The summed E-state index contributed by atoms with van der Waals surface area (Å²) in [5.74, 6) is 0.613. The van der Waals surface area contributed by atoms with Crippen molar-refractivity contribution in [1.82, 2.24) is 9.78 Å². The second-order valence-electron chi connectivity index (χ2n) is 6.07. The molecule has 0 spiro atoms. The molecule has 0 aromatic carbocycles. The van der Waals surface area contributed by atoms with Gasteiger partial charge in [-0.15, -0.1) is 0 Å². The third kappa shape index (κ3) is 1.77. The predicted octanol–water partition coefficient (Wildman–Crippen LogP) is 2.31. The summed E-state index contributed by atoms with van der Waals surface area (Å²) in [7, 11) is 0. The van der Waals surface area contributed by atoms with Gasteiger partial charge in [0.2, 0.25) is 0 Å². The smallest absolute Gasteiger partial charge is 0.0492 e. The highest BCUT2D eigenvalue weighted by atomic mass is 15.3. The molecule has 16 heavy (non-hydrogen) atoms. The molecule has 0 radical (unpaired) electrons. The molecule has 2 rings (SSSR count). The van der Waals surface area contributed by atoms with Gasteiger partial charge in [-0.25, -0.2) is 0 Å². The Kier molecular flexibility index (Phi) is 2.61. The normalized spacial score (nSPS) is 19.1. The topological polar surface area (TPSA) is 43.8 Å². The second-order valence-corrected chi connectivity index (χ2v) is 6.07. The van der Waals surface area contributed by atoms with Crippen molar-refractivity contribution >= 4 is 0 Å². The Balaban J connectivity index is 2.29. The number of nitrogens with two attached hydrogens (primary N) is 1. The molecule has 0 atom stereocenters. The standard InChI is InChI=1S/C13H23N3/c1-10(2)9-16-11(5-8-15-16)12(3,4)13(14)6-7-13/h5,8,10H,6-7,9,14H2,1-4H3. The first-order valence-corrected chi connectivity index (χ1v) is 6.18. The first-order chi connectivity index (χ1) is 7.37. The van der Waals surface area contributed by atoms with Crippen molar-refractivity contribution in [3.63, 3.8) is 0 Å². The van der Waals surface area contributed by atoms with Crippen LogP contribution < -0.4 is 5.73 Å². The molecule has 0 saturated heterocycles. The fourth-order valence-corrected chi connectivity index (χ4v) is 2.37. The van der Waals surface area contributed by atoms with Gasteiger partial charge in [0, 0.05) is 29.4 Å². The molecule has 1 aliphatic carbocycles. The van der Waals surface area contributed by atoms with Gasteiger partial charge in [-0.05, 0) is 24.8 Å². The summed E-state index contributed by atoms with van der Waals surface area (Å²) < 4.78 is 2.12. The van der Waals surface area contributed by atoms with Gasteiger partial charge in [0.25, 0.3) is 0 Å². The molecule has 0 amide bonds. The SMILES string of the molecule is CC(C)Cn1nccc1C(C)(C)C1(N)CC1. The molecule has 90 valence electrons. The summed E-state index contributed by atoms with van der Waals surface area (Å²) in [5, 5.41) is 4.43. The maximum Gasteiger partial charge on any atom is 0.0492 e. The average molecular weight is 221 g/mol. The molecule has 3 heteroatoms. The van der Waals surface area contributed by atoms with Crippen molar-refractivity contribution in [3.05, 3.63) is 18.0 Å². The highest BCUT2D eigenvalue weighted by Gasteiger charge is 2.53. The molecule has 3 nitrogen and oxygen atoms in total. The van der Waals surface area contributed by atoms with Gasteiger partial charge in [-0.3, -0.25) is 4.68 Å². The van der Waals surface area contributed by atoms with E-state index in [-0.39, 0.29) is 11.0 Å². The van der Waals surface area contributed by atoms with Crippen molar-refractivity contribution in [3.8, 4) is 0 Å². The number of hydrogen-bond acceptors (Lipinski definition) is 2. The molecule has 1 fully saturated rings. The lowest BCUT2D eigenvalue weighted by molar-refractivity contribution is 0.344. The van der Waals surface area contributed by atoms with Crippen LogP contribution in [0.4, 0.5) is 0 Å². The van der Waals surface area contributed by atoms with Crippen LogP contribution >= 0.6 is 0 Å². The molecule has 0 bridgehead atoms. The van der Waals surface area contributed by atoms with Gasteiger partial charge in [0.05, 0.1) is 0 Å². The van der Waals surface area contributed by atoms with Crippen LogP contribution in [0.3, 0.4) is 0 Å². The van der Waals surface area contributed by atoms with E-state index in [0.29, 0.717) is 5.92 Å². The Hall–Kier alpha value is -0.830. The van der Waals surface area contributed by atoms with E-state index >= 15 is 0 Å². The fourth-order valence-electron chi connectivity index (χ4n) is 2.37. The van der Waals surface area contributed by atoms with Crippen LogP contribution in [-0.4, -0.2) is 15.3 Å². The molecule has 2 N–H and O–H groups in total. The molecule has 1 saturated carbocycles. The van der Waals surface area contributed by atoms with Crippen molar-refractivity contribution in [2.24, 2.45) is 11.7 Å². The van der Waals surface area contributed by atoms with E-state index in [9.17, 15) is 0 Å². The first kappa shape index (κ1) is 11.6. The van der Waals surface area contributed by atoms with Crippen LogP contribution in [0.15, 0.2) is 12.3 Å². The van der Waals surface area contributed by atoms with Gasteiger partial charge in [0.15, 0.2) is 0 Å². The van der Waals surface area contributed by atoms with Crippen molar-refractivity contribution in [2.45, 2.75) is 58.0 Å². The predicted molar refractivity (Wildman–Crippen MR) is 66.2 cm³/mol. The van der Waals surface area contributed by atoms with E-state index in [4.69, 9.17) is 5.73 Å². The average Bonchev–Trinajstić information content (AvgIpc) is 2.76. The Morgan fingerprint density at radius 3 is 2.62 bits per heavy atom. The van der Waals surface area contributed by atoms with Gasteiger partial charge in [-0.1, -0.05) is 27.7 Å². The second kappa shape index (κ2) is 3.59. The van der Waals surface area contributed by atoms with Crippen LogP contribution in [0, 0.1) is 5.92 Å². The van der Waals surface area contributed by atoms with Crippen molar-refractivity contribution in [1.29, 1.82) is 0 Å². The van der Waals surface area contributed by atoms with E-state index in [0.717, 1.165) is 19.4 Å². The summed E-state index contributed by atoms with van der Waals surface area (Å²) in [6.07, 6.45) is 4.16. The Bertz CT molecular complexity index is 372. The maximum atomic E-state index is 6.37. The lowest BCUT2D eigenvalue weighted by Crippen LogP contribution is -2.44. The number of aromatic nitrogens is 2. The van der Waals surface area contributed by atoms with Gasteiger partial charge < -0.3 is 5.73 Å². The number of rotatable bonds is 4. The van der Waals surface area contributed by atoms with Gasteiger partial charge >= 0.3 is 0 Å². The zero-order valence-electron chi connectivity index (χ0n) is 10.8. The molecule has 1 aromatic heterocycles. The molecular formula is C13H23N3. The van der Waals surface area contributed by atoms with E-state index < -0.39 is 0 Å². The highest BCUT2D eigenvalue weighted by Crippen LogP contribution is 2.48. The minimum atomic E-state index is -0.0121. The summed E-state index contributed by atoms with van der Waals surface area (Å²) >= 11 is 0. The van der Waals surface area contributed by atoms with Crippen LogP contribution in [0.5, 0.6) is 0 Å². The van der Waals surface area contributed by atoms with E-state index in [1.807, 2.05) is 6.20 Å². The summed E-state index contributed by atoms with van der Waals surface area (Å²) in [6, 6.07) is 2.12. The van der Waals surface area contributed by atoms with Crippen LogP contribution in [0.25, 0.3) is 0 Å². The number of hydrogen-bond donors (Lipinski definition) is 1. The molecular weight excluding hydrogens is 198 g/mol. The van der Waals surface area contributed by atoms with Gasteiger partial charge in [-0.2, -0.15) is 5.10 Å². The van der Waals surface area contributed by atoms with Crippen LogP contribution in [0.1, 0.15) is 46.2 Å². The fraction of sp³-hybridized carbons (Fsp3) is 0.769. The van der Waals surface area contributed by atoms with Crippen molar-refractivity contribution < 1.29 is 0 Å². The Morgan fingerprint density at radius 1 is 1.50 bits per heavy atom. The zero-order chi connectivity index (χ0) is 12.0. The lowest BCUT2D eigenvalue weighted by atomic mass is 9.79. The van der Waals surface area contributed by atoms with Crippen LogP contribution in [0.2, 0.25) is 0 Å². The summed E-state index contributed by atoms with van der Waals surface area (Å²) in [5.41, 5.74) is 7.67. The number of nitrogens with zero attached hydrogens (tertiary/aromatic N) is 2. The van der Waals surface area contributed by atoms with Gasteiger partial charge in [0.1, 0.15) is 0 Å². The summed E-state index contributed by atoms with van der Waals surface area (Å²) in [6.45, 7) is 9.89. The van der Waals surface area contributed by atoms with E-state index in [1.54, 1.807) is 0 Å². The molecule has 1 aromatic rings.